The van der Waals surface area contributed by atoms with E-state index in [2.05, 4.69) is 27.2 Å². The third-order valence-corrected chi connectivity index (χ3v) is 4.67. The van der Waals surface area contributed by atoms with Gasteiger partial charge >= 0.3 is 6.01 Å². The summed E-state index contributed by atoms with van der Waals surface area (Å²) in [7, 11) is 0. The summed E-state index contributed by atoms with van der Waals surface area (Å²) in [5.41, 5.74) is 2.64. The topological polar surface area (TPSA) is 84.1 Å². The molecule has 0 bridgehead atoms. The minimum Gasteiger partial charge on any atom is -0.423 e. The van der Waals surface area contributed by atoms with Gasteiger partial charge in [-0.1, -0.05) is 19.1 Å². The maximum atomic E-state index is 12.7. The molecule has 0 aliphatic carbocycles. The van der Waals surface area contributed by atoms with E-state index in [1.807, 2.05) is 36.1 Å². The van der Waals surface area contributed by atoms with Gasteiger partial charge in [0.25, 0.3) is 5.91 Å². The molecule has 2 aromatic heterocycles. The summed E-state index contributed by atoms with van der Waals surface area (Å²) in [5, 5.41) is 2.96. The van der Waals surface area contributed by atoms with Crippen molar-refractivity contribution >= 4 is 29.0 Å². The van der Waals surface area contributed by atoms with Crippen molar-refractivity contribution in [2.24, 2.45) is 5.92 Å². The van der Waals surface area contributed by atoms with Gasteiger partial charge in [0.2, 0.25) is 5.95 Å². The highest BCUT2D eigenvalue weighted by Gasteiger charge is 2.24. The maximum absolute atomic E-state index is 12.7. The molecule has 1 aliphatic rings. The van der Waals surface area contributed by atoms with Crippen LogP contribution in [0.4, 0.5) is 12.0 Å². The van der Waals surface area contributed by atoms with Gasteiger partial charge < -0.3 is 9.32 Å². The van der Waals surface area contributed by atoms with Crippen molar-refractivity contribution in [1.82, 2.24) is 19.9 Å². The van der Waals surface area contributed by atoms with E-state index in [0.29, 0.717) is 34.7 Å². The van der Waals surface area contributed by atoms with Crippen molar-refractivity contribution in [2.75, 3.05) is 18.4 Å². The lowest BCUT2D eigenvalue weighted by Crippen LogP contribution is -2.39. The van der Waals surface area contributed by atoms with Crippen LogP contribution in [0.25, 0.3) is 11.1 Å². The van der Waals surface area contributed by atoms with Gasteiger partial charge in [-0.2, -0.15) is 4.98 Å². The Morgan fingerprint density at radius 2 is 2.15 bits per heavy atom. The van der Waals surface area contributed by atoms with Crippen LogP contribution in [0.15, 0.2) is 34.9 Å². The van der Waals surface area contributed by atoms with Gasteiger partial charge in [-0.05, 0) is 37.8 Å². The van der Waals surface area contributed by atoms with Gasteiger partial charge in [0, 0.05) is 19.3 Å². The fourth-order valence-corrected chi connectivity index (χ4v) is 3.30. The smallest absolute Gasteiger partial charge is 0.302 e. The lowest BCUT2D eigenvalue weighted by Gasteiger charge is -2.31. The van der Waals surface area contributed by atoms with Crippen LogP contribution in [0.2, 0.25) is 0 Å². The summed E-state index contributed by atoms with van der Waals surface area (Å²) in [5.74, 6) is 0.897. The Hall–Kier alpha value is -2.96. The molecule has 4 rings (SSSR count). The number of para-hydroxylation sites is 2. The van der Waals surface area contributed by atoms with E-state index < -0.39 is 0 Å². The van der Waals surface area contributed by atoms with Crippen LogP contribution >= 0.6 is 0 Å². The van der Waals surface area contributed by atoms with Gasteiger partial charge in [-0.3, -0.25) is 10.1 Å². The van der Waals surface area contributed by atoms with Crippen LogP contribution in [-0.2, 0) is 0 Å². The molecule has 0 spiro atoms. The number of rotatable bonds is 3. The molecule has 1 atom stereocenters. The Morgan fingerprint density at radius 1 is 1.31 bits per heavy atom. The van der Waals surface area contributed by atoms with Crippen molar-refractivity contribution in [3.8, 4) is 0 Å². The van der Waals surface area contributed by atoms with Crippen molar-refractivity contribution in [3.63, 3.8) is 0 Å². The predicted molar refractivity (Wildman–Crippen MR) is 98.4 cm³/mol. The molecule has 1 N–H and O–H groups in total. The largest absolute Gasteiger partial charge is 0.423 e. The molecular weight excluding hydrogens is 330 g/mol. The molecule has 1 amide bonds. The number of aryl methyl sites for hydroxylation is 1. The van der Waals surface area contributed by atoms with Crippen molar-refractivity contribution in [3.05, 3.63) is 41.7 Å². The fraction of sp³-hybridized carbons (Fsp3) is 0.368. The molecule has 26 heavy (non-hydrogen) atoms. The normalized spacial score (nSPS) is 17.5. The van der Waals surface area contributed by atoms with E-state index in [1.165, 1.54) is 6.42 Å². The number of hydrogen-bond acceptors (Lipinski definition) is 6. The number of oxazole rings is 1. The Labute approximate surface area is 151 Å². The second-order valence-electron chi connectivity index (χ2n) is 6.80. The number of aromatic nitrogens is 3. The zero-order valence-electron chi connectivity index (χ0n) is 14.9. The molecule has 0 unspecified atom stereocenters. The van der Waals surface area contributed by atoms with E-state index in [1.54, 1.807) is 6.20 Å². The Balaban J connectivity index is 1.52. The first kappa shape index (κ1) is 16.5. The molecule has 7 heteroatoms. The molecule has 3 aromatic rings. The highest BCUT2D eigenvalue weighted by atomic mass is 16.4. The summed E-state index contributed by atoms with van der Waals surface area (Å²) in [6.07, 6.45) is 3.80. The second kappa shape index (κ2) is 6.74. The molecule has 0 saturated carbocycles. The zero-order valence-corrected chi connectivity index (χ0v) is 14.9. The van der Waals surface area contributed by atoms with Crippen LogP contribution in [-0.4, -0.2) is 38.8 Å². The van der Waals surface area contributed by atoms with Crippen LogP contribution in [0.1, 0.15) is 35.8 Å². The van der Waals surface area contributed by atoms with E-state index in [4.69, 9.17) is 4.42 Å². The first-order chi connectivity index (χ1) is 12.6. The Bertz CT molecular complexity index is 919. The summed E-state index contributed by atoms with van der Waals surface area (Å²) >= 11 is 0. The number of nitrogens with one attached hydrogen (secondary N) is 1. The Kier molecular flexibility index (Phi) is 4.28. The number of hydrogen-bond donors (Lipinski definition) is 1. The number of likely N-dealkylation sites (tertiary alicyclic amines) is 1. The monoisotopic (exact) mass is 351 g/mol. The van der Waals surface area contributed by atoms with Gasteiger partial charge in [-0.15, -0.1) is 0 Å². The molecule has 0 radical (unpaired) electrons. The number of piperidine rings is 1. The van der Waals surface area contributed by atoms with E-state index in [9.17, 15) is 4.79 Å². The number of carbonyl (C=O) groups excluding carboxylic acids is 1. The van der Waals surface area contributed by atoms with Crippen LogP contribution in [0.3, 0.4) is 0 Å². The lowest BCUT2D eigenvalue weighted by molar-refractivity contribution is 0.0681. The summed E-state index contributed by atoms with van der Waals surface area (Å²) in [6, 6.07) is 7.84. The molecule has 1 aromatic carbocycles. The van der Waals surface area contributed by atoms with Gasteiger partial charge in [0.1, 0.15) is 5.52 Å². The van der Waals surface area contributed by atoms with Crippen molar-refractivity contribution < 1.29 is 9.21 Å². The number of fused-ring (bicyclic) bond motifs is 1. The minimum atomic E-state index is 0.00228. The number of nitrogens with zero attached hydrogens (tertiary/aromatic N) is 4. The highest BCUT2D eigenvalue weighted by Crippen LogP contribution is 2.22. The average molecular weight is 351 g/mol. The van der Waals surface area contributed by atoms with Crippen LogP contribution in [0.5, 0.6) is 0 Å². The Morgan fingerprint density at radius 3 is 2.92 bits per heavy atom. The summed E-state index contributed by atoms with van der Waals surface area (Å²) < 4.78 is 5.62. The summed E-state index contributed by atoms with van der Waals surface area (Å²) in [4.78, 5) is 27.7. The maximum Gasteiger partial charge on any atom is 0.302 e. The van der Waals surface area contributed by atoms with Crippen LogP contribution < -0.4 is 5.32 Å². The SMILES string of the molecule is Cc1nc(Nc2nc3ccccc3o2)ncc1C(=O)N1CCC[C@@H](C)C1. The average Bonchev–Trinajstić information content (AvgIpc) is 3.03. The first-order valence-corrected chi connectivity index (χ1v) is 8.85. The predicted octanol–water partition coefficient (Wildman–Crippen LogP) is 3.54. The van der Waals surface area contributed by atoms with Crippen LogP contribution in [0, 0.1) is 12.8 Å². The quantitative estimate of drug-likeness (QED) is 0.777. The van der Waals surface area contributed by atoms with E-state index in [0.717, 1.165) is 25.0 Å². The molecular formula is C19H21N5O2. The van der Waals surface area contributed by atoms with Gasteiger partial charge in [0.05, 0.1) is 11.3 Å². The fourth-order valence-electron chi connectivity index (χ4n) is 3.30. The zero-order chi connectivity index (χ0) is 18.1. The van der Waals surface area contributed by atoms with Crippen molar-refractivity contribution in [2.45, 2.75) is 26.7 Å². The molecule has 134 valence electrons. The first-order valence-electron chi connectivity index (χ1n) is 8.85. The number of anilines is 2. The van der Waals surface area contributed by atoms with Gasteiger partial charge in [-0.25, -0.2) is 9.97 Å². The standard InChI is InChI=1S/C19H21N5O2/c1-12-6-5-9-24(11-12)17(25)14-10-20-18(21-13(14)2)23-19-22-15-7-3-4-8-16(15)26-19/h3-4,7-8,10,12H,5-6,9,11H2,1-2H3,(H,20,21,22,23)/t12-/m1/s1. The van der Waals surface area contributed by atoms with Crippen molar-refractivity contribution in [1.29, 1.82) is 0 Å². The van der Waals surface area contributed by atoms with Gasteiger partial charge in [0.15, 0.2) is 5.58 Å². The number of carbonyl (C=O) groups is 1. The summed E-state index contributed by atoms with van der Waals surface area (Å²) in [6.45, 7) is 5.59. The molecule has 1 saturated heterocycles. The lowest BCUT2D eigenvalue weighted by atomic mass is 9.99. The van der Waals surface area contributed by atoms with E-state index in [-0.39, 0.29) is 5.91 Å². The minimum absolute atomic E-state index is 0.00228. The molecule has 1 aliphatic heterocycles. The molecule has 3 heterocycles. The third-order valence-electron chi connectivity index (χ3n) is 4.67. The highest BCUT2D eigenvalue weighted by molar-refractivity contribution is 5.95. The molecule has 1 fully saturated rings. The van der Waals surface area contributed by atoms with E-state index >= 15 is 0 Å². The number of amides is 1. The third kappa shape index (κ3) is 3.24. The number of benzene rings is 1. The molecule has 7 nitrogen and oxygen atoms in total. The second-order valence-corrected chi connectivity index (χ2v) is 6.80.